The van der Waals surface area contributed by atoms with Gasteiger partial charge in [0, 0.05) is 11.6 Å². The van der Waals surface area contributed by atoms with Crippen molar-refractivity contribution in [1.82, 2.24) is 4.98 Å². The quantitative estimate of drug-likeness (QED) is 0.670. The van der Waals surface area contributed by atoms with Gasteiger partial charge in [-0.05, 0) is 25.1 Å². The Balaban J connectivity index is 2.46. The predicted molar refractivity (Wildman–Crippen MR) is 57.9 cm³/mol. The lowest BCUT2D eigenvalue weighted by Gasteiger charge is -1.92. The number of aromatic nitrogens is 1. The van der Waals surface area contributed by atoms with E-state index >= 15 is 0 Å². The highest BCUT2D eigenvalue weighted by atomic mass is 16.3. The van der Waals surface area contributed by atoms with E-state index in [9.17, 15) is 0 Å². The van der Waals surface area contributed by atoms with Crippen LogP contribution in [0.2, 0.25) is 0 Å². The normalized spacial score (nSPS) is 12.1. The fourth-order valence-corrected chi connectivity index (χ4v) is 1.31. The Morgan fingerprint density at radius 3 is 3.07 bits per heavy atom. The van der Waals surface area contributed by atoms with E-state index in [2.05, 4.69) is 4.98 Å². The monoisotopic (exact) mass is 185 g/mol. The van der Waals surface area contributed by atoms with Crippen LogP contribution in [0, 0.1) is 0 Å². The molecule has 70 valence electrons. The number of nitrogens with zero attached hydrogens (tertiary/aromatic N) is 1. The van der Waals surface area contributed by atoms with Gasteiger partial charge in [-0.3, -0.25) is 4.98 Å². The Morgan fingerprint density at radius 2 is 2.21 bits per heavy atom. The van der Waals surface area contributed by atoms with Crippen LogP contribution in [0.4, 0.5) is 0 Å². The number of hydrogen-bond acceptors (Lipinski definition) is 2. The molecule has 14 heavy (non-hydrogen) atoms. The zero-order chi connectivity index (χ0) is 9.80. The van der Waals surface area contributed by atoms with E-state index in [1.165, 1.54) is 0 Å². The van der Waals surface area contributed by atoms with Crippen LogP contribution in [-0.4, -0.2) is 4.98 Å². The molecule has 2 heteroatoms. The van der Waals surface area contributed by atoms with Crippen molar-refractivity contribution in [3.05, 3.63) is 48.5 Å². The fraction of sp³-hybridized carbons (Fsp3) is 0.0833. The maximum atomic E-state index is 5.27. The second kappa shape index (κ2) is 3.92. The highest BCUT2D eigenvalue weighted by Crippen LogP contribution is 2.18. The number of pyridine rings is 1. The maximum Gasteiger partial charge on any atom is 0.137 e. The van der Waals surface area contributed by atoms with Crippen molar-refractivity contribution >= 4 is 17.0 Å². The van der Waals surface area contributed by atoms with Gasteiger partial charge < -0.3 is 4.42 Å². The van der Waals surface area contributed by atoms with Crippen LogP contribution in [-0.2, 0) is 0 Å². The lowest BCUT2D eigenvalue weighted by molar-refractivity contribution is 0.615. The predicted octanol–water partition coefficient (Wildman–Crippen LogP) is 3.42. The first-order valence-corrected chi connectivity index (χ1v) is 4.53. The Morgan fingerprint density at radius 1 is 1.29 bits per heavy atom. The molecule has 0 atom stereocenters. The van der Waals surface area contributed by atoms with Crippen LogP contribution >= 0.6 is 0 Å². The topological polar surface area (TPSA) is 26.0 Å². The number of rotatable bonds is 2. The Labute approximate surface area is 82.6 Å². The lowest BCUT2D eigenvalue weighted by Crippen LogP contribution is -1.78. The SMILES string of the molecule is CC=CC=Cc1nccc2occc12. The van der Waals surface area contributed by atoms with Gasteiger partial charge in [-0.25, -0.2) is 0 Å². The molecule has 2 aromatic heterocycles. The number of fused-ring (bicyclic) bond motifs is 1. The molecule has 0 N–H and O–H groups in total. The highest BCUT2D eigenvalue weighted by Gasteiger charge is 1.99. The van der Waals surface area contributed by atoms with Crippen molar-refractivity contribution in [3.8, 4) is 0 Å². The average Bonchev–Trinajstić information content (AvgIpc) is 2.67. The van der Waals surface area contributed by atoms with Crippen molar-refractivity contribution in [1.29, 1.82) is 0 Å². The van der Waals surface area contributed by atoms with Crippen LogP contribution < -0.4 is 0 Å². The zero-order valence-electron chi connectivity index (χ0n) is 7.97. The van der Waals surface area contributed by atoms with Gasteiger partial charge in [0.2, 0.25) is 0 Å². The first-order valence-electron chi connectivity index (χ1n) is 4.53. The van der Waals surface area contributed by atoms with Crippen LogP contribution in [0.25, 0.3) is 17.0 Å². The lowest BCUT2D eigenvalue weighted by atomic mass is 10.2. The summed E-state index contributed by atoms with van der Waals surface area (Å²) >= 11 is 0. The summed E-state index contributed by atoms with van der Waals surface area (Å²) in [6.07, 6.45) is 11.3. The zero-order valence-corrected chi connectivity index (χ0v) is 7.97. The third kappa shape index (κ3) is 1.59. The second-order valence-corrected chi connectivity index (χ2v) is 2.91. The minimum absolute atomic E-state index is 0.875. The van der Waals surface area contributed by atoms with Gasteiger partial charge in [-0.2, -0.15) is 0 Å². The molecule has 0 aliphatic heterocycles. The summed E-state index contributed by atoms with van der Waals surface area (Å²) in [6.45, 7) is 1.98. The van der Waals surface area contributed by atoms with E-state index in [1.807, 2.05) is 43.4 Å². The van der Waals surface area contributed by atoms with Gasteiger partial charge in [0.1, 0.15) is 5.58 Å². The van der Waals surface area contributed by atoms with E-state index in [0.29, 0.717) is 0 Å². The number of hydrogen-bond donors (Lipinski definition) is 0. The van der Waals surface area contributed by atoms with Gasteiger partial charge in [0.05, 0.1) is 12.0 Å². The van der Waals surface area contributed by atoms with Crippen LogP contribution in [0.3, 0.4) is 0 Å². The van der Waals surface area contributed by atoms with Gasteiger partial charge in [0.15, 0.2) is 0 Å². The third-order valence-corrected chi connectivity index (χ3v) is 1.97. The van der Waals surface area contributed by atoms with E-state index in [0.717, 1.165) is 16.7 Å². The van der Waals surface area contributed by atoms with Crippen molar-refractivity contribution in [2.24, 2.45) is 0 Å². The average molecular weight is 185 g/mol. The van der Waals surface area contributed by atoms with Gasteiger partial charge in [-0.15, -0.1) is 0 Å². The van der Waals surface area contributed by atoms with E-state index in [4.69, 9.17) is 4.42 Å². The molecular formula is C12H11NO. The molecule has 2 rings (SSSR count). The molecule has 0 aliphatic carbocycles. The summed E-state index contributed by atoms with van der Waals surface area (Å²) in [5, 5.41) is 1.05. The molecule has 0 saturated carbocycles. The second-order valence-electron chi connectivity index (χ2n) is 2.91. The summed E-state index contributed by atoms with van der Waals surface area (Å²) in [7, 11) is 0. The molecule has 0 bridgehead atoms. The third-order valence-electron chi connectivity index (χ3n) is 1.97. The number of allylic oxidation sites excluding steroid dienone is 3. The molecule has 0 spiro atoms. The summed E-state index contributed by atoms with van der Waals surface area (Å²) in [6, 6.07) is 3.79. The summed E-state index contributed by atoms with van der Waals surface area (Å²) in [5.41, 5.74) is 1.81. The van der Waals surface area contributed by atoms with Crippen molar-refractivity contribution < 1.29 is 4.42 Å². The summed E-state index contributed by atoms with van der Waals surface area (Å²) < 4.78 is 5.27. The molecule has 0 amide bonds. The molecule has 0 aliphatic rings. The molecule has 0 saturated heterocycles. The minimum Gasteiger partial charge on any atom is -0.464 e. The van der Waals surface area contributed by atoms with Crippen LogP contribution in [0.1, 0.15) is 12.6 Å². The molecule has 0 radical (unpaired) electrons. The summed E-state index contributed by atoms with van der Waals surface area (Å²) in [4.78, 5) is 4.27. The van der Waals surface area contributed by atoms with Gasteiger partial charge >= 0.3 is 0 Å². The molecule has 2 heterocycles. The number of furan rings is 1. The molecule has 2 nitrogen and oxygen atoms in total. The highest BCUT2D eigenvalue weighted by molar-refractivity contribution is 5.84. The Kier molecular flexibility index (Phi) is 2.45. The van der Waals surface area contributed by atoms with E-state index in [1.54, 1.807) is 12.5 Å². The first kappa shape index (κ1) is 8.75. The van der Waals surface area contributed by atoms with E-state index < -0.39 is 0 Å². The fourth-order valence-electron chi connectivity index (χ4n) is 1.31. The Hall–Kier alpha value is -1.83. The van der Waals surface area contributed by atoms with Gasteiger partial charge in [0.25, 0.3) is 0 Å². The van der Waals surface area contributed by atoms with Crippen LogP contribution in [0.15, 0.2) is 47.2 Å². The first-order chi connectivity index (χ1) is 6.92. The van der Waals surface area contributed by atoms with Crippen molar-refractivity contribution in [2.45, 2.75) is 6.92 Å². The van der Waals surface area contributed by atoms with Crippen molar-refractivity contribution in [3.63, 3.8) is 0 Å². The maximum absolute atomic E-state index is 5.27. The van der Waals surface area contributed by atoms with Gasteiger partial charge in [-0.1, -0.05) is 18.2 Å². The Bertz CT molecular complexity index is 480. The molecule has 0 unspecified atom stereocenters. The smallest absolute Gasteiger partial charge is 0.137 e. The standard InChI is InChI=1S/C12H11NO/c1-2-3-4-5-11-10-7-9-14-12(10)6-8-13-11/h2-9H,1H3. The molecular weight excluding hydrogens is 174 g/mol. The minimum atomic E-state index is 0.875. The molecule has 2 aromatic rings. The summed E-state index contributed by atoms with van der Waals surface area (Å²) in [5.74, 6) is 0. The van der Waals surface area contributed by atoms with Crippen molar-refractivity contribution in [2.75, 3.05) is 0 Å². The van der Waals surface area contributed by atoms with Crippen LogP contribution in [0.5, 0.6) is 0 Å². The largest absolute Gasteiger partial charge is 0.464 e. The molecule has 0 fully saturated rings. The molecule has 0 aromatic carbocycles. The van der Waals surface area contributed by atoms with E-state index in [-0.39, 0.29) is 0 Å².